The number of rotatable bonds is 7. The second kappa shape index (κ2) is 10.2. The Labute approximate surface area is 216 Å². The molecule has 4 aromatic rings. The number of ether oxygens (including phenoxy) is 1. The minimum Gasteiger partial charge on any atom is -0.454 e. The van der Waals surface area contributed by atoms with Crippen LogP contribution < -0.4 is 5.32 Å². The van der Waals surface area contributed by atoms with Gasteiger partial charge in [-0.2, -0.15) is 0 Å². The molecule has 0 saturated heterocycles. The highest BCUT2D eigenvalue weighted by Gasteiger charge is 2.41. The maximum absolute atomic E-state index is 12.6. The number of esters is 1. The van der Waals surface area contributed by atoms with Crippen LogP contribution in [0.3, 0.4) is 0 Å². The van der Waals surface area contributed by atoms with E-state index < -0.39 is 36.3 Å². The van der Waals surface area contributed by atoms with Gasteiger partial charge in [-0.3, -0.25) is 24.6 Å². The normalized spacial score (nSPS) is 13.3. The number of nitrogens with zero attached hydrogens (tertiary/aromatic N) is 2. The fourth-order valence-electron chi connectivity index (χ4n) is 4.01. The van der Waals surface area contributed by atoms with Crippen molar-refractivity contribution >= 4 is 40.2 Å². The van der Waals surface area contributed by atoms with Gasteiger partial charge in [-0.15, -0.1) is 11.3 Å². The lowest BCUT2D eigenvalue weighted by atomic mass is 10.0. The number of carbonyl (C=O) groups is 4. The van der Waals surface area contributed by atoms with E-state index in [0.717, 1.165) is 21.6 Å². The number of aromatic nitrogens is 1. The number of imide groups is 1. The van der Waals surface area contributed by atoms with E-state index in [-0.39, 0.29) is 11.1 Å². The number of carbonyl (C=O) groups excluding carboxylic acids is 4. The maximum atomic E-state index is 12.6. The van der Waals surface area contributed by atoms with E-state index in [2.05, 4.69) is 10.3 Å². The van der Waals surface area contributed by atoms with E-state index in [9.17, 15) is 19.2 Å². The number of anilines is 1. The number of hydrogen-bond donors (Lipinski definition) is 1. The lowest BCUT2D eigenvalue weighted by Crippen LogP contribution is -2.44. The van der Waals surface area contributed by atoms with Crippen molar-refractivity contribution in [3.05, 3.63) is 95.4 Å². The zero-order valence-electron chi connectivity index (χ0n) is 19.7. The summed E-state index contributed by atoms with van der Waals surface area (Å²) in [5.74, 6) is -2.57. The first kappa shape index (κ1) is 24.1. The van der Waals surface area contributed by atoms with Crippen molar-refractivity contribution in [3.8, 4) is 22.4 Å². The number of nitrogens with one attached hydrogen (secondary N) is 1. The van der Waals surface area contributed by atoms with Gasteiger partial charge in [-0.1, -0.05) is 66.7 Å². The predicted octanol–water partition coefficient (Wildman–Crippen LogP) is 4.64. The van der Waals surface area contributed by atoms with Gasteiger partial charge in [0.1, 0.15) is 6.04 Å². The van der Waals surface area contributed by atoms with E-state index in [1.54, 1.807) is 12.1 Å². The molecule has 8 nitrogen and oxygen atoms in total. The monoisotopic (exact) mass is 511 g/mol. The van der Waals surface area contributed by atoms with Crippen LogP contribution in [0.25, 0.3) is 22.4 Å². The molecule has 1 aromatic heterocycles. The Morgan fingerprint density at radius 3 is 2.08 bits per heavy atom. The van der Waals surface area contributed by atoms with Gasteiger partial charge in [0.05, 0.1) is 16.8 Å². The minimum atomic E-state index is -1.18. The molecule has 3 amide bonds. The van der Waals surface area contributed by atoms with Crippen LogP contribution >= 0.6 is 11.3 Å². The predicted molar refractivity (Wildman–Crippen MR) is 139 cm³/mol. The topological polar surface area (TPSA) is 106 Å². The van der Waals surface area contributed by atoms with Crippen molar-refractivity contribution in [2.45, 2.75) is 13.0 Å². The molecule has 37 heavy (non-hydrogen) atoms. The first-order valence-electron chi connectivity index (χ1n) is 11.5. The molecule has 184 valence electrons. The van der Waals surface area contributed by atoms with Crippen molar-refractivity contribution < 1.29 is 23.9 Å². The van der Waals surface area contributed by atoms with Crippen molar-refractivity contribution in [2.75, 3.05) is 11.9 Å². The maximum Gasteiger partial charge on any atom is 0.329 e. The lowest BCUT2D eigenvalue weighted by Gasteiger charge is -2.20. The summed E-state index contributed by atoms with van der Waals surface area (Å²) in [7, 11) is 0. The summed E-state index contributed by atoms with van der Waals surface area (Å²) in [6.45, 7) is 0.811. The van der Waals surface area contributed by atoms with Gasteiger partial charge in [-0.25, -0.2) is 9.78 Å². The molecule has 1 N–H and O–H groups in total. The molecule has 0 radical (unpaired) electrons. The van der Waals surface area contributed by atoms with E-state index >= 15 is 0 Å². The third-order valence-corrected chi connectivity index (χ3v) is 6.70. The van der Waals surface area contributed by atoms with Gasteiger partial charge in [0.2, 0.25) is 0 Å². The fourth-order valence-corrected chi connectivity index (χ4v) is 4.74. The Morgan fingerprint density at radius 2 is 1.43 bits per heavy atom. The van der Waals surface area contributed by atoms with Gasteiger partial charge in [0, 0.05) is 10.9 Å². The zero-order valence-corrected chi connectivity index (χ0v) is 20.5. The van der Waals surface area contributed by atoms with Crippen LogP contribution in [0.2, 0.25) is 0 Å². The van der Waals surface area contributed by atoms with Crippen molar-refractivity contribution in [3.63, 3.8) is 0 Å². The summed E-state index contributed by atoms with van der Waals surface area (Å²) in [5.41, 5.74) is 4.28. The average Bonchev–Trinajstić information content (AvgIpc) is 3.50. The summed E-state index contributed by atoms with van der Waals surface area (Å²) in [6.07, 6.45) is 0. The number of hydrogen-bond acceptors (Lipinski definition) is 7. The standard InChI is InChI=1S/C28H21N3O5S/c1-17(31-25(33)21-9-5-6-10-22(21)26(31)34)27(35)36-15-24(32)30-28-29-23(16-37-28)20-13-11-19(12-14-20)18-7-3-2-4-8-18/h2-14,16-17H,15H2,1H3,(H,29,30,32). The van der Waals surface area contributed by atoms with Gasteiger partial charge in [0.25, 0.3) is 17.7 Å². The van der Waals surface area contributed by atoms with Crippen LogP contribution in [-0.4, -0.2) is 46.2 Å². The van der Waals surface area contributed by atoms with Gasteiger partial charge in [-0.05, 0) is 30.2 Å². The second-order valence-electron chi connectivity index (χ2n) is 8.34. The first-order valence-corrected chi connectivity index (χ1v) is 12.3. The Morgan fingerprint density at radius 1 is 0.865 bits per heavy atom. The second-order valence-corrected chi connectivity index (χ2v) is 9.20. The molecular formula is C28H21N3O5S. The number of thiazole rings is 1. The largest absolute Gasteiger partial charge is 0.454 e. The molecule has 9 heteroatoms. The smallest absolute Gasteiger partial charge is 0.329 e. The van der Waals surface area contributed by atoms with Crippen LogP contribution in [0, 0.1) is 0 Å². The van der Waals surface area contributed by atoms with Crippen LogP contribution in [0.5, 0.6) is 0 Å². The lowest BCUT2D eigenvalue weighted by molar-refractivity contribution is -0.150. The molecule has 1 aliphatic heterocycles. The molecule has 1 aliphatic rings. The molecule has 0 saturated carbocycles. The molecule has 1 atom stereocenters. The molecule has 2 heterocycles. The van der Waals surface area contributed by atoms with Crippen LogP contribution in [-0.2, 0) is 14.3 Å². The Balaban J connectivity index is 1.15. The van der Waals surface area contributed by atoms with E-state index in [4.69, 9.17) is 4.74 Å². The van der Waals surface area contributed by atoms with Crippen molar-refractivity contribution in [2.24, 2.45) is 0 Å². The molecule has 0 spiro atoms. The third kappa shape index (κ3) is 4.89. The summed E-state index contributed by atoms with van der Waals surface area (Å²) in [5, 5.41) is 4.79. The minimum absolute atomic E-state index is 0.235. The van der Waals surface area contributed by atoms with E-state index in [1.807, 2.05) is 60.0 Å². The number of benzene rings is 3. The number of amides is 3. The highest BCUT2D eigenvalue weighted by atomic mass is 32.1. The summed E-state index contributed by atoms with van der Waals surface area (Å²) in [6, 6.07) is 23.1. The van der Waals surface area contributed by atoms with Crippen LogP contribution in [0.15, 0.2) is 84.2 Å². The average molecular weight is 512 g/mol. The fraction of sp³-hybridized carbons (Fsp3) is 0.107. The van der Waals surface area contributed by atoms with E-state index in [0.29, 0.717) is 10.8 Å². The molecule has 3 aromatic carbocycles. The Kier molecular flexibility index (Phi) is 6.61. The molecule has 5 rings (SSSR count). The zero-order chi connectivity index (χ0) is 25.9. The van der Waals surface area contributed by atoms with Crippen LogP contribution in [0.4, 0.5) is 5.13 Å². The first-order chi connectivity index (χ1) is 17.9. The molecule has 0 aliphatic carbocycles. The molecular weight excluding hydrogens is 490 g/mol. The third-order valence-electron chi connectivity index (χ3n) is 5.94. The Hall–Kier alpha value is -4.63. The van der Waals surface area contributed by atoms with E-state index in [1.165, 1.54) is 30.4 Å². The van der Waals surface area contributed by atoms with Crippen molar-refractivity contribution in [1.29, 1.82) is 0 Å². The van der Waals surface area contributed by atoms with Crippen molar-refractivity contribution in [1.82, 2.24) is 9.88 Å². The molecule has 1 unspecified atom stereocenters. The Bertz CT molecular complexity index is 1460. The summed E-state index contributed by atoms with van der Waals surface area (Å²) >= 11 is 1.25. The van der Waals surface area contributed by atoms with Gasteiger partial charge in [0.15, 0.2) is 11.7 Å². The molecule has 0 bridgehead atoms. The molecule has 0 fully saturated rings. The summed E-state index contributed by atoms with van der Waals surface area (Å²) in [4.78, 5) is 55.2. The SMILES string of the molecule is CC(C(=O)OCC(=O)Nc1nc(-c2ccc(-c3ccccc3)cc2)cs1)N1C(=O)c2ccccc2C1=O. The highest BCUT2D eigenvalue weighted by Crippen LogP contribution is 2.28. The highest BCUT2D eigenvalue weighted by molar-refractivity contribution is 7.14. The van der Waals surface area contributed by atoms with Crippen LogP contribution in [0.1, 0.15) is 27.6 Å². The van der Waals surface area contributed by atoms with Gasteiger partial charge >= 0.3 is 5.97 Å². The van der Waals surface area contributed by atoms with Gasteiger partial charge < -0.3 is 4.74 Å². The summed E-state index contributed by atoms with van der Waals surface area (Å²) < 4.78 is 5.07. The number of fused-ring (bicyclic) bond motifs is 1. The quantitative estimate of drug-likeness (QED) is 0.286.